The van der Waals surface area contributed by atoms with E-state index in [0.29, 0.717) is 6.04 Å². The molecule has 0 atom stereocenters. The molecule has 1 aromatic carbocycles. The second kappa shape index (κ2) is 4.25. The fourth-order valence-corrected chi connectivity index (χ4v) is 2.90. The van der Waals surface area contributed by atoms with E-state index >= 15 is 0 Å². The first-order valence-corrected chi connectivity index (χ1v) is 6.82. The van der Waals surface area contributed by atoms with Crippen LogP contribution in [-0.2, 0) is 13.1 Å². The van der Waals surface area contributed by atoms with Gasteiger partial charge in [-0.05, 0) is 32.4 Å². The smallest absolute Gasteiger partial charge is 0.131 e. The maximum absolute atomic E-state index is 6.28. The third kappa shape index (κ3) is 2.02. The van der Waals surface area contributed by atoms with Gasteiger partial charge in [-0.1, -0.05) is 12.1 Å². The molecule has 0 aliphatic carbocycles. The number of benzene rings is 1. The molecule has 1 aromatic rings. The van der Waals surface area contributed by atoms with Crippen LogP contribution in [0.1, 0.15) is 31.9 Å². The van der Waals surface area contributed by atoms with Crippen LogP contribution in [0.15, 0.2) is 18.2 Å². The molecule has 0 spiro atoms. The van der Waals surface area contributed by atoms with Gasteiger partial charge in [0.1, 0.15) is 11.4 Å². The molecular formula is C15H22N2O. The predicted molar refractivity (Wildman–Crippen MR) is 72.7 cm³/mol. The maximum Gasteiger partial charge on any atom is 0.131 e. The number of nitrogens with zero attached hydrogens (tertiary/aromatic N) is 1. The highest BCUT2D eigenvalue weighted by Crippen LogP contribution is 2.33. The van der Waals surface area contributed by atoms with E-state index in [0.717, 1.165) is 31.9 Å². The quantitative estimate of drug-likeness (QED) is 0.884. The predicted octanol–water partition coefficient (Wildman–Crippen LogP) is 2.15. The van der Waals surface area contributed by atoms with Crippen molar-refractivity contribution in [1.29, 1.82) is 0 Å². The minimum atomic E-state index is -0.0119. The Bertz CT molecular complexity index is 450. The lowest BCUT2D eigenvalue weighted by molar-refractivity contribution is -0.0779. The summed E-state index contributed by atoms with van der Waals surface area (Å²) < 4.78 is 6.28. The Balaban J connectivity index is 1.73. The molecule has 0 aromatic heterocycles. The van der Waals surface area contributed by atoms with Gasteiger partial charge in [-0.25, -0.2) is 0 Å². The Labute approximate surface area is 109 Å². The van der Waals surface area contributed by atoms with Gasteiger partial charge in [0, 0.05) is 37.8 Å². The SMILES string of the molecule is CC(C)N1CC(C)(Oc2cccc3c2CNC3)C1. The van der Waals surface area contributed by atoms with Gasteiger partial charge >= 0.3 is 0 Å². The second-order valence-corrected chi connectivity index (χ2v) is 6.05. The molecule has 3 rings (SSSR count). The molecule has 0 saturated carbocycles. The lowest BCUT2D eigenvalue weighted by Gasteiger charge is -2.49. The normalized spacial score (nSPS) is 21.8. The number of rotatable bonds is 3. The van der Waals surface area contributed by atoms with Crippen LogP contribution < -0.4 is 10.1 Å². The summed E-state index contributed by atoms with van der Waals surface area (Å²) in [4.78, 5) is 2.45. The van der Waals surface area contributed by atoms with Crippen molar-refractivity contribution in [2.75, 3.05) is 13.1 Å². The van der Waals surface area contributed by atoms with Crippen molar-refractivity contribution in [2.24, 2.45) is 0 Å². The molecule has 98 valence electrons. The highest BCUT2D eigenvalue weighted by atomic mass is 16.5. The summed E-state index contributed by atoms with van der Waals surface area (Å²) in [5.41, 5.74) is 2.72. The zero-order chi connectivity index (χ0) is 12.8. The molecule has 0 radical (unpaired) electrons. The van der Waals surface area contributed by atoms with Crippen LogP contribution in [0.5, 0.6) is 5.75 Å². The van der Waals surface area contributed by atoms with Crippen LogP contribution in [0.4, 0.5) is 0 Å². The third-order valence-corrected chi connectivity index (χ3v) is 4.01. The average Bonchev–Trinajstić information content (AvgIpc) is 2.74. The summed E-state index contributed by atoms with van der Waals surface area (Å²) in [7, 11) is 0. The summed E-state index contributed by atoms with van der Waals surface area (Å²) in [6.07, 6.45) is 0. The number of likely N-dealkylation sites (tertiary alicyclic amines) is 1. The van der Waals surface area contributed by atoms with Gasteiger partial charge in [0.15, 0.2) is 0 Å². The van der Waals surface area contributed by atoms with E-state index in [1.165, 1.54) is 11.1 Å². The lowest BCUT2D eigenvalue weighted by atomic mass is 9.94. The molecule has 1 fully saturated rings. The summed E-state index contributed by atoms with van der Waals surface area (Å²) in [6, 6.07) is 7.01. The standard InChI is InChI=1S/C15H22N2O/c1-11(2)17-9-15(3,10-17)18-14-6-4-5-12-7-16-8-13(12)14/h4-6,11,16H,7-10H2,1-3H3. The van der Waals surface area contributed by atoms with E-state index in [-0.39, 0.29) is 5.60 Å². The molecule has 3 nitrogen and oxygen atoms in total. The lowest BCUT2D eigenvalue weighted by Crippen LogP contribution is -2.64. The van der Waals surface area contributed by atoms with Gasteiger partial charge in [0.2, 0.25) is 0 Å². The molecule has 18 heavy (non-hydrogen) atoms. The minimum Gasteiger partial charge on any atom is -0.485 e. The van der Waals surface area contributed by atoms with E-state index < -0.39 is 0 Å². The van der Waals surface area contributed by atoms with Crippen molar-refractivity contribution in [3.05, 3.63) is 29.3 Å². The van der Waals surface area contributed by atoms with E-state index in [4.69, 9.17) is 4.74 Å². The Hall–Kier alpha value is -1.06. The zero-order valence-electron chi connectivity index (χ0n) is 11.5. The van der Waals surface area contributed by atoms with Crippen LogP contribution in [0, 0.1) is 0 Å². The summed E-state index contributed by atoms with van der Waals surface area (Å²) in [5.74, 6) is 1.07. The number of hydrogen-bond acceptors (Lipinski definition) is 3. The van der Waals surface area contributed by atoms with Gasteiger partial charge in [0.25, 0.3) is 0 Å². The van der Waals surface area contributed by atoms with Gasteiger partial charge in [-0.2, -0.15) is 0 Å². The fraction of sp³-hybridized carbons (Fsp3) is 0.600. The van der Waals surface area contributed by atoms with E-state index in [2.05, 4.69) is 49.2 Å². The second-order valence-electron chi connectivity index (χ2n) is 6.05. The van der Waals surface area contributed by atoms with Crippen molar-refractivity contribution in [3.8, 4) is 5.75 Å². The first-order chi connectivity index (χ1) is 8.57. The first kappa shape index (κ1) is 12.0. The molecule has 1 saturated heterocycles. The molecule has 0 amide bonds. The highest BCUT2D eigenvalue weighted by Gasteiger charge is 2.42. The third-order valence-electron chi connectivity index (χ3n) is 4.01. The number of hydrogen-bond donors (Lipinski definition) is 1. The topological polar surface area (TPSA) is 24.5 Å². The zero-order valence-corrected chi connectivity index (χ0v) is 11.5. The largest absolute Gasteiger partial charge is 0.485 e. The molecule has 0 bridgehead atoms. The molecule has 3 heteroatoms. The average molecular weight is 246 g/mol. The van der Waals surface area contributed by atoms with E-state index in [9.17, 15) is 0 Å². The molecule has 0 unspecified atom stereocenters. The van der Waals surface area contributed by atoms with Gasteiger partial charge in [-0.15, -0.1) is 0 Å². The Morgan fingerprint density at radius 2 is 2.06 bits per heavy atom. The summed E-state index contributed by atoms with van der Waals surface area (Å²) >= 11 is 0. The first-order valence-electron chi connectivity index (χ1n) is 6.82. The summed E-state index contributed by atoms with van der Waals surface area (Å²) in [6.45, 7) is 10.7. The van der Waals surface area contributed by atoms with Crippen molar-refractivity contribution in [1.82, 2.24) is 10.2 Å². The Morgan fingerprint density at radius 3 is 2.78 bits per heavy atom. The van der Waals surface area contributed by atoms with E-state index in [1.807, 2.05) is 0 Å². The summed E-state index contributed by atoms with van der Waals surface area (Å²) in [5, 5.41) is 3.39. The van der Waals surface area contributed by atoms with Crippen molar-refractivity contribution >= 4 is 0 Å². The van der Waals surface area contributed by atoms with Crippen LogP contribution in [0.3, 0.4) is 0 Å². The van der Waals surface area contributed by atoms with Crippen LogP contribution >= 0.6 is 0 Å². The number of fused-ring (bicyclic) bond motifs is 1. The molecule has 2 aliphatic rings. The monoisotopic (exact) mass is 246 g/mol. The fourth-order valence-electron chi connectivity index (χ4n) is 2.90. The van der Waals surface area contributed by atoms with Gasteiger partial charge < -0.3 is 10.1 Å². The molecule has 1 N–H and O–H groups in total. The Kier molecular flexibility index (Phi) is 2.83. The molecule has 2 heterocycles. The van der Waals surface area contributed by atoms with Gasteiger partial charge in [0.05, 0.1) is 0 Å². The van der Waals surface area contributed by atoms with Crippen LogP contribution in [-0.4, -0.2) is 29.6 Å². The number of nitrogens with one attached hydrogen (secondary N) is 1. The molecular weight excluding hydrogens is 224 g/mol. The van der Waals surface area contributed by atoms with Crippen LogP contribution in [0.25, 0.3) is 0 Å². The Morgan fingerprint density at radius 1 is 1.28 bits per heavy atom. The highest BCUT2D eigenvalue weighted by molar-refractivity contribution is 5.43. The van der Waals surface area contributed by atoms with Crippen molar-refractivity contribution < 1.29 is 4.74 Å². The van der Waals surface area contributed by atoms with E-state index in [1.54, 1.807) is 0 Å². The van der Waals surface area contributed by atoms with Crippen molar-refractivity contribution in [3.63, 3.8) is 0 Å². The van der Waals surface area contributed by atoms with Crippen molar-refractivity contribution in [2.45, 2.75) is 45.5 Å². The minimum absolute atomic E-state index is 0.0119. The van der Waals surface area contributed by atoms with Gasteiger partial charge in [-0.3, -0.25) is 4.90 Å². The maximum atomic E-state index is 6.28. The molecule has 2 aliphatic heterocycles. The number of ether oxygens (including phenoxy) is 1. The van der Waals surface area contributed by atoms with Crippen LogP contribution in [0.2, 0.25) is 0 Å².